The highest BCUT2D eigenvalue weighted by atomic mass is 16.5. The number of rotatable bonds is 3. The number of nitrogens with one attached hydrogen (secondary N) is 1. The summed E-state index contributed by atoms with van der Waals surface area (Å²) in [4.78, 5) is 2.51. The molecule has 20 heavy (non-hydrogen) atoms. The van der Waals surface area contributed by atoms with E-state index in [1.807, 2.05) is 6.07 Å². The van der Waals surface area contributed by atoms with Crippen molar-refractivity contribution in [1.82, 2.24) is 4.90 Å². The molecule has 1 fully saturated rings. The summed E-state index contributed by atoms with van der Waals surface area (Å²) in [6.45, 7) is 8.30. The Balaban J connectivity index is 1.65. The van der Waals surface area contributed by atoms with E-state index in [0.29, 0.717) is 12.1 Å². The maximum atomic E-state index is 5.74. The zero-order valence-electron chi connectivity index (χ0n) is 12.4. The second-order valence-electron chi connectivity index (χ2n) is 5.93. The van der Waals surface area contributed by atoms with Gasteiger partial charge in [0, 0.05) is 43.3 Å². The van der Waals surface area contributed by atoms with Crippen LogP contribution in [0.4, 0.5) is 5.69 Å². The average Bonchev–Trinajstić information content (AvgIpc) is 2.77. The molecule has 1 aromatic carbocycles. The van der Waals surface area contributed by atoms with Crippen LogP contribution in [0.2, 0.25) is 0 Å². The van der Waals surface area contributed by atoms with Crippen molar-refractivity contribution in [2.75, 3.05) is 31.6 Å². The first kappa shape index (κ1) is 13.6. The fraction of sp³-hybridized carbons (Fsp3) is 0.625. The summed E-state index contributed by atoms with van der Waals surface area (Å²) in [5.74, 6) is 1.73. The monoisotopic (exact) mass is 276 g/mol. The molecular weight excluding hydrogens is 252 g/mol. The van der Waals surface area contributed by atoms with E-state index in [1.54, 1.807) is 0 Å². The lowest BCUT2D eigenvalue weighted by molar-refractivity contribution is 0.274. The van der Waals surface area contributed by atoms with Gasteiger partial charge in [-0.15, -0.1) is 0 Å². The van der Waals surface area contributed by atoms with E-state index in [-0.39, 0.29) is 0 Å². The highest BCUT2D eigenvalue weighted by Gasteiger charge is 2.24. The van der Waals surface area contributed by atoms with Gasteiger partial charge in [-0.2, -0.15) is 0 Å². The predicted octanol–water partition coefficient (Wildman–Crippen LogP) is 2.74. The first-order valence-corrected chi connectivity index (χ1v) is 7.62. The minimum atomic E-state index is 0.530. The van der Waals surface area contributed by atoms with Gasteiger partial charge < -0.3 is 14.8 Å². The first-order chi connectivity index (χ1) is 9.72. The molecule has 2 aliphatic heterocycles. The maximum absolute atomic E-state index is 5.74. The molecule has 1 unspecified atom stereocenters. The molecule has 0 aliphatic carbocycles. The lowest BCUT2D eigenvalue weighted by atomic mass is 10.2. The van der Waals surface area contributed by atoms with Crippen LogP contribution in [0.15, 0.2) is 18.2 Å². The molecule has 0 aromatic heterocycles. The molecule has 1 atom stereocenters. The van der Waals surface area contributed by atoms with Crippen LogP contribution in [0.25, 0.3) is 0 Å². The van der Waals surface area contributed by atoms with Crippen molar-refractivity contribution in [2.24, 2.45) is 0 Å². The van der Waals surface area contributed by atoms with Gasteiger partial charge in [0.05, 0.1) is 13.2 Å². The Kier molecular flexibility index (Phi) is 4.01. The SMILES string of the molecule is CC(C)N1CCC(Nc2ccc3c(c2)OCCCO3)C1. The summed E-state index contributed by atoms with van der Waals surface area (Å²) >= 11 is 0. The molecule has 4 heteroatoms. The number of nitrogens with zero attached hydrogens (tertiary/aromatic N) is 1. The molecule has 110 valence electrons. The normalized spacial score (nSPS) is 22.9. The molecule has 1 saturated heterocycles. The van der Waals surface area contributed by atoms with E-state index in [1.165, 1.54) is 13.0 Å². The Morgan fingerprint density at radius 2 is 2.00 bits per heavy atom. The fourth-order valence-electron chi connectivity index (χ4n) is 2.86. The molecule has 0 bridgehead atoms. The Morgan fingerprint density at radius 3 is 2.75 bits per heavy atom. The quantitative estimate of drug-likeness (QED) is 0.920. The number of ether oxygens (including phenoxy) is 2. The van der Waals surface area contributed by atoms with Crippen LogP contribution in [0.5, 0.6) is 11.5 Å². The highest BCUT2D eigenvalue weighted by molar-refractivity contribution is 5.55. The fourth-order valence-corrected chi connectivity index (χ4v) is 2.86. The summed E-state index contributed by atoms with van der Waals surface area (Å²) in [7, 11) is 0. The Morgan fingerprint density at radius 1 is 1.20 bits per heavy atom. The van der Waals surface area contributed by atoms with Crippen LogP contribution in [0.3, 0.4) is 0 Å². The van der Waals surface area contributed by atoms with Gasteiger partial charge in [-0.1, -0.05) is 0 Å². The molecule has 0 amide bonds. The van der Waals surface area contributed by atoms with Crippen molar-refractivity contribution in [1.29, 1.82) is 0 Å². The molecule has 0 spiro atoms. The second-order valence-corrected chi connectivity index (χ2v) is 5.93. The van der Waals surface area contributed by atoms with E-state index in [2.05, 4.69) is 36.2 Å². The number of fused-ring (bicyclic) bond motifs is 1. The van der Waals surface area contributed by atoms with E-state index in [0.717, 1.165) is 43.4 Å². The number of likely N-dealkylation sites (tertiary alicyclic amines) is 1. The van der Waals surface area contributed by atoms with Crippen LogP contribution in [0, 0.1) is 0 Å². The molecule has 0 radical (unpaired) electrons. The van der Waals surface area contributed by atoms with Gasteiger partial charge in [0.15, 0.2) is 11.5 Å². The number of hydrogen-bond acceptors (Lipinski definition) is 4. The van der Waals surface area contributed by atoms with Gasteiger partial charge in [0.2, 0.25) is 0 Å². The molecule has 4 nitrogen and oxygen atoms in total. The van der Waals surface area contributed by atoms with Crippen LogP contribution in [-0.4, -0.2) is 43.3 Å². The van der Waals surface area contributed by atoms with Crippen molar-refractivity contribution < 1.29 is 9.47 Å². The van der Waals surface area contributed by atoms with Gasteiger partial charge in [-0.05, 0) is 32.4 Å². The topological polar surface area (TPSA) is 33.7 Å². The van der Waals surface area contributed by atoms with Crippen molar-refractivity contribution >= 4 is 5.69 Å². The lowest BCUT2D eigenvalue weighted by Gasteiger charge is -2.21. The molecule has 2 heterocycles. The van der Waals surface area contributed by atoms with Crippen molar-refractivity contribution in [2.45, 2.75) is 38.8 Å². The van der Waals surface area contributed by atoms with E-state index in [9.17, 15) is 0 Å². The summed E-state index contributed by atoms with van der Waals surface area (Å²) in [6, 6.07) is 7.33. The zero-order chi connectivity index (χ0) is 13.9. The van der Waals surface area contributed by atoms with Gasteiger partial charge in [0.25, 0.3) is 0 Å². The maximum Gasteiger partial charge on any atom is 0.163 e. The molecular formula is C16H24N2O2. The summed E-state index contributed by atoms with van der Waals surface area (Å²) in [5, 5.41) is 3.62. The summed E-state index contributed by atoms with van der Waals surface area (Å²) < 4.78 is 11.4. The number of anilines is 1. The van der Waals surface area contributed by atoms with Crippen molar-refractivity contribution in [3.05, 3.63) is 18.2 Å². The Labute approximate surface area is 121 Å². The standard InChI is InChI=1S/C16H24N2O2/c1-12(2)18-7-6-14(11-18)17-13-4-5-15-16(10-13)20-9-3-8-19-15/h4-5,10,12,14,17H,3,6-9,11H2,1-2H3. The van der Waals surface area contributed by atoms with E-state index in [4.69, 9.17) is 9.47 Å². The molecule has 2 aliphatic rings. The third-order valence-corrected chi connectivity index (χ3v) is 4.07. The first-order valence-electron chi connectivity index (χ1n) is 7.62. The molecule has 3 rings (SSSR count). The van der Waals surface area contributed by atoms with Crippen molar-refractivity contribution in [3.63, 3.8) is 0 Å². The van der Waals surface area contributed by atoms with Crippen LogP contribution < -0.4 is 14.8 Å². The summed E-state index contributed by atoms with van der Waals surface area (Å²) in [6.07, 6.45) is 2.15. The molecule has 1 aromatic rings. The third kappa shape index (κ3) is 3.01. The van der Waals surface area contributed by atoms with Crippen LogP contribution in [-0.2, 0) is 0 Å². The van der Waals surface area contributed by atoms with Crippen molar-refractivity contribution in [3.8, 4) is 11.5 Å². The van der Waals surface area contributed by atoms with Gasteiger partial charge >= 0.3 is 0 Å². The van der Waals surface area contributed by atoms with Crippen LogP contribution >= 0.6 is 0 Å². The smallest absolute Gasteiger partial charge is 0.163 e. The zero-order valence-corrected chi connectivity index (χ0v) is 12.4. The molecule has 0 saturated carbocycles. The predicted molar refractivity (Wildman–Crippen MR) is 80.8 cm³/mol. The van der Waals surface area contributed by atoms with Gasteiger partial charge in [0.1, 0.15) is 0 Å². The lowest BCUT2D eigenvalue weighted by Crippen LogP contribution is -2.31. The number of hydrogen-bond donors (Lipinski definition) is 1. The van der Waals surface area contributed by atoms with E-state index < -0.39 is 0 Å². The number of benzene rings is 1. The van der Waals surface area contributed by atoms with Gasteiger partial charge in [-0.25, -0.2) is 0 Å². The second kappa shape index (κ2) is 5.92. The Hall–Kier alpha value is -1.42. The van der Waals surface area contributed by atoms with Gasteiger partial charge in [-0.3, -0.25) is 4.90 Å². The third-order valence-electron chi connectivity index (χ3n) is 4.07. The highest BCUT2D eigenvalue weighted by Crippen LogP contribution is 2.32. The average molecular weight is 276 g/mol. The van der Waals surface area contributed by atoms with Crippen LogP contribution in [0.1, 0.15) is 26.7 Å². The largest absolute Gasteiger partial charge is 0.490 e. The minimum absolute atomic E-state index is 0.530. The molecule has 1 N–H and O–H groups in total. The van der Waals surface area contributed by atoms with E-state index >= 15 is 0 Å². The Bertz CT molecular complexity index is 462. The summed E-state index contributed by atoms with van der Waals surface area (Å²) in [5.41, 5.74) is 1.13. The minimum Gasteiger partial charge on any atom is -0.490 e.